The van der Waals surface area contributed by atoms with Crippen molar-refractivity contribution in [3.8, 4) is 22.4 Å². The average molecular weight is 693 g/mol. The van der Waals surface area contributed by atoms with Crippen LogP contribution in [0.15, 0.2) is 55.0 Å². The van der Waals surface area contributed by atoms with Crippen molar-refractivity contribution < 1.29 is 19.4 Å². The van der Waals surface area contributed by atoms with Gasteiger partial charge >= 0.3 is 5.97 Å². The van der Waals surface area contributed by atoms with Crippen LogP contribution in [0.2, 0.25) is 0 Å². The van der Waals surface area contributed by atoms with E-state index in [9.17, 15) is 9.90 Å². The smallest absolute Gasteiger partial charge is 0.340 e. The van der Waals surface area contributed by atoms with Gasteiger partial charge in [0.15, 0.2) is 6.10 Å². The van der Waals surface area contributed by atoms with Gasteiger partial charge in [-0.25, -0.2) is 14.8 Å². The van der Waals surface area contributed by atoms with Gasteiger partial charge in [0.05, 0.1) is 35.4 Å². The van der Waals surface area contributed by atoms with Crippen LogP contribution in [0.1, 0.15) is 95.5 Å². The van der Waals surface area contributed by atoms with Gasteiger partial charge in [0, 0.05) is 67.2 Å². The monoisotopic (exact) mass is 692 g/mol. The SMILES string of the molecule is Cc1nc(CO)c(-c2ccc3c(c2)CCN(c2nccc(-c4cccnc4)n2)C3)c(N2CCC(C)(C)CC2)c1C(OC(C)(C)C)C(=O)OC(C)C. The minimum absolute atomic E-state index is 0.204. The van der Waals surface area contributed by atoms with Crippen LogP contribution in [-0.2, 0) is 33.8 Å². The Balaban J connectivity index is 1.44. The van der Waals surface area contributed by atoms with E-state index >= 15 is 0 Å². The molecule has 1 saturated heterocycles. The number of carbonyl (C=O) groups is 1. The Bertz CT molecular complexity index is 1860. The summed E-state index contributed by atoms with van der Waals surface area (Å²) in [7, 11) is 0. The van der Waals surface area contributed by atoms with E-state index in [1.54, 1.807) is 12.4 Å². The molecule has 0 radical (unpaired) electrons. The first kappa shape index (κ1) is 36.4. The Morgan fingerprint density at radius 2 is 1.75 bits per heavy atom. The van der Waals surface area contributed by atoms with E-state index in [2.05, 4.69) is 51.8 Å². The molecule has 10 heteroatoms. The molecule has 0 saturated carbocycles. The number of carbonyl (C=O) groups excluding carboxylic acids is 1. The van der Waals surface area contributed by atoms with Crippen LogP contribution in [0, 0.1) is 12.3 Å². The molecule has 1 atom stereocenters. The molecule has 4 aromatic rings. The summed E-state index contributed by atoms with van der Waals surface area (Å²) in [6.45, 7) is 18.9. The molecule has 0 amide bonds. The number of ether oxygens (including phenoxy) is 2. The average Bonchev–Trinajstić information content (AvgIpc) is 3.09. The molecule has 0 aliphatic carbocycles. The van der Waals surface area contributed by atoms with E-state index in [1.807, 2.05) is 65.9 Å². The van der Waals surface area contributed by atoms with E-state index in [4.69, 9.17) is 19.4 Å². The summed E-state index contributed by atoms with van der Waals surface area (Å²) in [5.74, 6) is 0.251. The number of nitrogens with zero attached hydrogens (tertiary/aromatic N) is 6. The lowest BCUT2D eigenvalue weighted by Crippen LogP contribution is -2.39. The van der Waals surface area contributed by atoms with E-state index in [1.165, 1.54) is 11.1 Å². The number of anilines is 2. The van der Waals surface area contributed by atoms with Crippen LogP contribution >= 0.6 is 0 Å². The molecule has 1 aromatic carbocycles. The first-order valence-corrected chi connectivity index (χ1v) is 18.1. The number of hydrogen-bond acceptors (Lipinski definition) is 10. The maximum Gasteiger partial charge on any atom is 0.340 e. The standard InChI is InChI=1S/C41H52N6O4/c1-26(2)50-38(49)37(51-40(4,5)6)34-27(3)44-33(25-48)35(36(34)46-20-15-41(7,8)16-21-46)29-11-12-31-24-47(19-14-28(31)22-29)39-43-18-13-32(45-39)30-10-9-17-42-23-30/h9-13,17-18,22-23,26,37,48H,14-16,19-21,24-25H2,1-8H3. The number of aromatic nitrogens is 4. The molecule has 270 valence electrons. The number of esters is 1. The Hall–Kier alpha value is -4.41. The Kier molecular flexibility index (Phi) is 10.5. The van der Waals surface area contributed by atoms with Crippen LogP contribution in [0.3, 0.4) is 0 Å². The summed E-state index contributed by atoms with van der Waals surface area (Å²) >= 11 is 0. The van der Waals surface area contributed by atoms with Crippen LogP contribution in [0.5, 0.6) is 0 Å². The fraction of sp³-hybridized carbons (Fsp3) is 0.488. The van der Waals surface area contributed by atoms with E-state index < -0.39 is 17.7 Å². The second kappa shape index (κ2) is 14.7. The molecular formula is C41H52N6O4. The van der Waals surface area contributed by atoms with Crippen LogP contribution in [0.4, 0.5) is 11.6 Å². The third-order valence-corrected chi connectivity index (χ3v) is 9.75. The van der Waals surface area contributed by atoms with Gasteiger partial charge < -0.3 is 24.4 Å². The lowest BCUT2D eigenvalue weighted by molar-refractivity contribution is -0.171. The van der Waals surface area contributed by atoms with Crippen molar-refractivity contribution in [2.75, 3.05) is 29.4 Å². The largest absolute Gasteiger partial charge is 0.461 e. The number of piperidine rings is 1. The van der Waals surface area contributed by atoms with Crippen molar-refractivity contribution >= 4 is 17.6 Å². The maximum absolute atomic E-state index is 13.9. The quantitative estimate of drug-likeness (QED) is 0.178. The molecule has 3 aromatic heterocycles. The topological polar surface area (TPSA) is 114 Å². The summed E-state index contributed by atoms with van der Waals surface area (Å²) in [6, 6.07) is 12.3. The van der Waals surface area contributed by atoms with Gasteiger partial charge in [0.2, 0.25) is 5.95 Å². The highest BCUT2D eigenvalue weighted by Crippen LogP contribution is 2.46. The molecular weight excluding hydrogens is 640 g/mol. The first-order valence-electron chi connectivity index (χ1n) is 18.1. The van der Waals surface area contributed by atoms with Gasteiger partial charge in [0.25, 0.3) is 0 Å². The zero-order chi connectivity index (χ0) is 36.5. The van der Waals surface area contributed by atoms with Crippen LogP contribution in [0.25, 0.3) is 22.4 Å². The Morgan fingerprint density at radius 3 is 2.41 bits per heavy atom. The summed E-state index contributed by atoms with van der Waals surface area (Å²) in [5, 5.41) is 10.8. The van der Waals surface area contributed by atoms with Crippen molar-refractivity contribution in [1.29, 1.82) is 0 Å². The van der Waals surface area contributed by atoms with E-state index in [0.717, 1.165) is 67.0 Å². The lowest BCUT2D eigenvalue weighted by atomic mass is 9.81. The fourth-order valence-corrected chi connectivity index (χ4v) is 7.08. The Morgan fingerprint density at radius 1 is 0.980 bits per heavy atom. The number of rotatable bonds is 9. The molecule has 5 heterocycles. The summed E-state index contributed by atoms with van der Waals surface area (Å²) in [4.78, 5) is 37.2. The molecule has 6 rings (SSSR count). The van der Waals surface area contributed by atoms with Gasteiger partial charge in [-0.1, -0.05) is 32.0 Å². The highest BCUT2D eigenvalue weighted by atomic mass is 16.6. The molecule has 10 nitrogen and oxygen atoms in total. The van der Waals surface area contributed by atoms with Crippen LogP contribution < -0.4 is 9.80 Å². The van der Waals surface area contributed by atoms with Crippen LogP contribution in [-0.4, -0.2) is 62.4 Å². The van der Waals surface area contributed by atoms with Gasteiger partial charge in [-0.3, -0.25) is 9.97 Å². The summed E-state index contributed by atoms with van der Waals surface area (Å²) in [6.07, 6.45) is 6.86. The van der Waals surface area contributed by atoms with E-state index in [0.29, 0.717) is 29.4 Å². The number of hydrogen-bond donors (Lipinski definition) is 1. The molecule has 1 unspecified atom stereocenters. The highest BCUT2D eigenvalue weighted by molar-refractivity contribution is 5.89. The maximum atomic E-state index is 13.9. The number of aliphatic hydroxyl groups is 1. The fourth-order valence-electron chi connectivity index (χ4n) is 7.08. The van der Waals surface area contributed by atoms with Crippen molar-refractivity contribution in [3.05, 3.63) is 83.1 Å². The number of fused-ring (bicyclic) bond motifs is 1. The third kappa shape index (κ3) is 8.23. The molecule has 1 fully saturated rings. The number of pyridine rings is 2. The molecule has 0 spiro atoms. The number of aryl methyl sites for hydroxylation is 1. The molecule has 0 bridgehead atoms. The van der Waals surface area contributed by atoms with Crippen molar-refractivity contribution in [2.45, 2.75) is 106 Å². The van der Waals surface area contributed by atoms with Crippen molar-refractivity contribution in [1.82, 2.24) is 19.9 Å². The zero-order valence-corrected chi connectivity index (χ0v) is 31.4. The summed E-state index contributed by atoms with van der Waals surface area (Å²) in [5.41, 5.74) is 8.43. The normalized spacial score (nSPS) is 16.6. The second-order valence-corrected chi connectivity index (χ2v) is 15.8. The molecule has 2 aliphatic heterocycles. The Labute approximate surface area is 302 Å². The third-order valence-electron chi connectivity index (χ3n) is 9.75. The molecule has 51 heavy (non-hydrogen) atoms. The highest BCUT2D eigenvalue weighted by Gasteiger charge is 2.38. The van der Waals surface area contributed by atoms with Gasteiger partial charge in [-0.05, 0) is 101 Å². The zero-order valence-electron chi connectivity index (χ0n) is 31.4. The predicted octanol–water partition coefficient (Wildman–Crippen LogP) is 7.40. The van der Waals surface area contributed by atoms with Gasteiger partial charge in [-0.2, -0.15) is 0 Å². The van der Waals surface area contributed by atoms with Gasteiger partial charge in [-0.15, -0.1) is 0 Å². The van der Waals surface area contributed by atoms with Crippen molar-refractivity contribution in [3.63, 3.8) is 0 Å². The second-order valence-electron chi connectivity index (χ2n) is 15.8. The first-order chi connectivity index (χ1) is 24.2. The molecule has 2 aliphatic rings. The lowest BCUT2D eigenvalue weighted by Gasteiger charge is -2.41. The summed E-state index contributed by atoms with van der Waals surface area (Å²) < 4.78 is 12.4. The van der Waals surface area contributed by atoms with Gasteiger partial charge in [0.1, 0.15) is 0 Å². The number of aliphatic hydroxyl groups excluding tert-OH is 1. The minimum Gasteiger partial charge on any atom is -0.461 e. The predicted molar refractivity (Wildman–Crippen MR) is 200 cm³/mol. The molecule has 1 N–H and O–H groups in total. The number of benzene rings is 1. The minimum atomic E-state index is -0.995. The van der Waals surface area contributed by atoms with E-state index in [-0.39, 0.29) is 18.1 Å². The van der Waals surface area contributed by atoms with Crippen molar-refractivity contribution in [2.24, 2.45) is 5.41 Å².